The zero-order valence-electron chi connectivity index (χ0n) is 12.0. The van der Waals surface area contributed by atoms with E-state index in [0.29, 0.717) is 22.9 Å². The molecule has 1 aromatic carbocycles. The summed E-state index contributed by atoms with van der Waals surface area (Å²) in [6.07, 6.45) is 1.15. The molecule has 5 nitrogen and oxygen atoms in total. The van der Waals surface area contributed by atoms with Gasteiger partial charge in [-0.15, -0.1) is 12.4 Å². The number of halogens is 2. The molecular formula is C15H18Cl2N2O3. The van der Waals surface area contributed by atoms with E-state index in [1.165, 1.54) is 6.26 Å². The van der Waals surface area contributed by atoms with Crippen molar-refractivity contribution in [3.8, 4) is 0 Å². The van der Waals surface area contributed by atoms with Gasteiger partial charge in [-0.3, -0.25) is 4.79 Å². The molecule has 0 aliphatic carbocycles. The molecule has 1 unspecified atom stereocenters. The van der Waals surface area contributed by atoms with Gasteiger partial charge in [-0.05, 0) is 23.8 Å². The van der Waals surface area contributed by atoms with Gasteiger partial charge in [0, 0.05) is 18.7 Å². The third-order valence-corrected chi connectivity index (χ3v) is 3.34. The first-order chi connectivity index (χ1) is 10.1. The Morgan fingerprint density at radius 3 is 2.64 bits per heavy atom. The third kappa shape index (κ3) is 4.74. The first-order valence-corrected chi connectivity index (χ1v) is 6.85. The van der Waals surface area contributed by atoms with E-state index >= 15 is 0 Å². The highest BCUT2D eigenvalue weighted by atomic mass is 35.5. The van der Waals surface area contributed by atoms with Crippen molar-refractivity contribution in [3.63, 3.8) is 0 Å². The molecule has 120 valence electrons. The van der Waals surface area contributed by atoms with E-state index in [9.17, 15) is 4.79 Å². The first kappa shape index (κ1) is 18.5. The van der Waals surface area contributed by atoms with Gasteiger partial charge in [-0.1, -0.05) is 23.7 Å². The van der Waals surface area contributed by atoms with E-state index in [-0.39, 0.29) is 31.0 Å². The summed E-state index contributed by atoms with van der Waals surface area (Å²) in [6.45, 7) is 0.610. The molecule has 1 amide bonds. The number of furan rings is 1. The minimum Gasteiger partial charge on any atom is -0.467 e. The fourth-order valence-corrected chi connectivity index (χ4v) is 2.03. The van der Waals surface area contributed by atoms with E-state index in [2.05, 4.69) is 5.32 Å². The molecule has 0 saturated carbocycles. The van der Waals surface area contributed by atoms with Gasteiger partial charge >= 0.3 is 0 Å². The van der Waals surface area contributed by atoms with Crippen LogP contribution >= 0.6 is 24.0 Å². The van der Waals surface area contributed by atoms with E-state index < -0.39 is 0 Å². The fourth-order valence-electron chi connectivity index (χ4n) is 1.91. The van der Waals surface area contributed by atoms with Crippen molar-refractivity contribution < 1.29 is 13.9 Å². The molecule has 0 aliphatic rings. The highest BCUT2D eigenvalue weighted by molar-refractivity contribution is 6.30. The predicted octanol–water partition coefficient (Wildman–Crippen LogP) is 2.93. The Morgan fingerprint density at radius 1 is 1.41 bits per heavy atom. The Balaban J connectivity index is 0.00000242. The summed E-state index contributed by atoms with van der Waals surface area (Å²) >= 11 is 5.85. The molecule has 22 heavy (non-hydrogen) atoms. The van der Waals surface area contributed by atoms with Crippen LogP contribution in [-0.4, -0.2) is 19.6 Å². The number of rotatable bonds is 6. The smallest absolute Gasteiger partial charge is 0.254 e. The molecule has 0 radical (unpaired) electrons. The Hall–Kier alpha value is -1.53. The molecule has 0 aliphatic heterocycles. The summed E-state index contributed by atoms with van der Waals surface area (Å²) in [4.78, 5) is 12.0. The van der Waals surface area contributed by atoms with Crippen molar-refractivity contribution in [2.45, 2.75) is 12.6 Å². The second-order valence-electron chi connectivity index (χ2n) is 4.49. The van der Waals surface area contributed by atoms with Crippen molar-refractivity contribution in [2.24, 2.45) is 5.73 Å². The van der Waals surface area contributed by atoms with E-state index in [4.69, 9.17) is 26.5 Å². The van der Waals surface area contributed by atoms with Crippen LogP contribution in [0.3, 0.4) is 0 Å². The molecule has 2 rings (SSSR count). The highest BCUT2D eigenvalue weighted by Crippen LogP contribution is 2.18. The number of methoxy groups -OCH3 is 1. The third-order valence-electron chi connectivity index (χ3n) is 3.09. The molecule has 0 bridgehead atoms. The molecule has 0 saturated heterocycles. The molecule has 3 N–H and O–H groups in total. The Bertz CT molecular complexity index is 599. The van der Waals surface area contributed by atoms with E-state index in [1.807, 2.05) is 12.1 Å². The largest absolute Gasteiger partial charge is 0.467 e. The lowest BCUT2D eigenvalue weighted by molar-refractivity contribution is 0.0827. The lowest BCUT2D eigenvalue weighted by Gasteiger charge is -2.16. The van der Waals surface area contributed by atoms with Gasteiger partial charge in [0.2, 0.25) is 0 Å². The van der Waals surface area contributed by atoms with Gasteiger partial charge < -0.3 is 20.2 Å². The van der Waals surface area contributed by atoms with Gasteiger partial charge in [0.25, 0.3) is 5.91 Å². The lowest BCUT2D eigenvalue weighted by atomic mass is 10.1. The molecule has 0 fully saturated rings. The maximum Gasteiger partial charge on any atom is 0.254 e. The normalized spacial score (nSPS) is 11.6. The number of ether oxygens (including phenoxy) is 1. The minimum atomic E-state index is -0.243. The second kappa shape index (κ2) is 8.80. The quantitative estimate of drug-likeness (QED) is 0.844. The number of hydrogen-bond donors (Lipinski definition) is 2. The number of nitrogens with one attached hydrogen (secondary N) is 1. The topological polar surface area (TPSA) is 77.5 Å². The van der Waals surface area contributed by atoms with Crippen molar-refractivity contribution in [1.29, 1.82) is 0 Å². The van der Waals surface area contributed by atoms with Crippen LogP contribution < -0.4 is 11.1 Å². The standard InChI is InChI=1S/C15H17ClN2O3.ClH/c1-20-14(10-2-4-12(16)5-3-10)8-18-15(19)11-6-13(7-17)21-9-11;/h2-6,9,14H,7-8,17H2,1H3,(H,18,19);1H. The van der Waals surface area contributed by atoms with Crippen LogP contribution in [0.25, 0.3) is 0 Å². The number of carbonyl (C=O) groups is 1. The molecule has 1 aromatic heterocycles. The Labute approximate surface area is 140 Å². The van der Waals surface area contributed by atoms with Gasteiger partial charge in [0.15, 0.2) is 0 Å². The predicted molar refractivity (Wildman–Crippen MR) is 87.4 cm³/mol. The van der Waals surface area contributed by atoms with Crippen LogP contribution in [0.5, 0.6) is 0 Å². The number of hydrogen-bond acceptors (Lipinski definition) is 4. The second-order valence-corrected chi connectivity index (χ2v) is 4.93. The SMILES string of the molecule is COC(CNC(=O)c1coc(CN)c1)c1ccc(Cl)cc1.Cl. The van der Waals surface area contributed by atoms with Crippen molar-refractivity contribution in [1.82, 2.24) is 5.32 Å². The van der Waals surface area contributed by atoms with Crippen LogP contribution in [0, 0.1) is 0 Å². The van der Waals surface area contributed by atoms with E-state index in [0.717, 1.165) is 5.56 Å². The zero-order chi connectivity index (χ0) is 15.2. The van der Waals surface area contributed by atoms with Crippen LogP contribution in [0.1, 0.15) is 27.8 Å². The monoisotopic (exact) mass is 344 g/mol. The maximum atomic E-state index is 12.0. The lowest BCUT2D eigenvalue weighted by Crippen LogP contribution is -2.28. The molecule has 2 aromatic rings. The van der Waals surface area contributed by atoms with Gasteiger partial charge in [0.05, 0.1) is 18.2 Å². The van der Waals surface area contributed by atoms with Gasteiger partial charge in [-0.25, -0.2) is 0 Å². The molecule has 0 spiro atoms. The summed E-state index contributed by atoms with van der Waals surface area (Å²) in [5, 5.41) is 3.46. The summed E-state index contributed by atoms with van der Waals surface area (Å²) in [6, 6.07) is 8.93. The number of amides is 1. The zero-order valence-corrected chi connectivity index (χ0v) is 13.6. The Kier molecular flexibility index (Phi) is 7.41. The molecular weight excluding hydrogens is 327 g/mol. The maximum absolute atomic E-state index is 12.0. The summed E-state index contributed by atoms with van der Waals surface area (Å²) in [7, 11) is 1.59. The van der Waals surface area contributed by atoms with Gasteiger partial charge in [-0.2, -0.15) is 0 Å². The van der Waals surface area contributed by atoms with Crippen LogP contribution in [0.15, 0.2) is 41.0 Å². The number of benzene rings is 1. The van der Waals surface area contributed by atoms with Crippen molar-refractivity contribution in [2.75, 3.05) is 13.7 Å². The molecule has 7 heteroatoms. The van der Waals surface area contributed by atoms with Crippen LogP contribution in [0.4, 0.5) is 0 Å². The number of carbonyl (C=O) groups excluding carboxylic acids is 1. The average Bonchev–Trinajstić information content (AvgIpc) is 2.98. The minimum absolute atomic E-state index is 0. The fraction of sp³-hybridized carbons (Fsp3) is 0.267. The summed E-state index contributed by atoms with van der Waals surface area (Å²) in [5.41, 5.74) is 6.83. The molecule has 1 heterocycles. The first-order valence-electron chi connectivity index (χ1n) is 6.48. The number of nitrogens with two attached hydrogens (primary N) is 1. The summed E-state index contributed by atoms with van der Waals surface area (Å²) in [5.74, 6) is 0.343. The summed E-state index contributed by atoms with van der Waals surface area (Å²) < 4.78 is 10.5. The van der Waals surface area contributed by atoms with Crippen LogP contribution in [-0.2, 0) is 11.3 Å². The van der Waals surface area contributed by atoms with Gasteiger partial charge in [0.1, 0.15) is 12.0 Å². The highest BCUT2D eigenvalue weighted by Gasteiger charge is 2.14. The van der Waals surface area contributed by atoms with Crippen molar-refractivity contribution in [3.05, 3.63) is 58.5 Å². The molecule has 1 atom stereocenters. The van der Waals surface area contributed by atoms with Crippen molar-refractivity contribution >= 4 is 29.9 Å². The van der Waals surface area contributed by atoms with E-state index in [1.54, 1.807) is 25.3 Å². The Morgan fingerprint density at radius 2 is 2.09 bits per heavy atom. The average molecular weight is 345 g/mol. The van der Waals surface area contributed by atoms with Crippen LogP contribution in [0.2, 0.25) is 5.02 Å².